The van der Waals surface area contributed by atoms with Crippen LogP contribution >= 0.6 is 0 Å². The maximum atomic E-state index is 12.3. The first-order valence-electron chi connectivity index (χ1n) is 8.11. The molecule has 0 amide bonds. The Morgan fingerprint density at radius 2 is 1.87 bits per heavy atom. The molecule has 0 bridgehead atoms. The summed E-state index contributed by atoms with van der Waals surface area (Å²) in [6, 6.07) is 11.7. The highest BCUT2D eigenvalue weighted by Gasteiger charge is 2.25. The van der Waals surface area contributed by atoms with E-state index in [0.29, 0.717) is 24.3 Å². The Hall–Kier alpha value is -1.91. The molecule has 0 heterocycles. The smallest absolute Gasteiger partial charge is 0.339 e. The summed E-state index contributed by atoms with van der Waals surface area (Å²) < 4.78 is 10.9. The normalized spacial score (nSPS) is 12.3. The van der Waals surface area contributed by atoms with Gasteiger partial charge in [-0.25, -0.2) is 4.79 Å². The van der Waals surface area contributed by atoms with Gasteiger partial charge in [-0.3, -0.25) is 0 Å². The molecule has 0 spiro atoms. The number of carbonyl (C=O) groups excluding carboxylic acids is 1. The Labute approximate surface area is 137 Å². The topological polar surface area (TPSA) is 55.8 Å². The van der Waals surface area contributed by atoms with Crippen LogP contribution in [0.15, 0.2) is 36.4 Å². The van der Waals surface area contributed by atoms with Crippen molar-refractivity contribution in [3.8, 4) is 0 Å². The highest BCUT2D eigenvalue weighted by molar-refractivity contribution is 5.86. The van der Waals surface area contributed by atoms with Crippen molar-refractivity contribution >= 4 is 16.7 Å². The highest BCUT2D eigenvalue weighted by atomic mass is 16.6. The fourth-order valence-electron chi connectivity index (χ4n) is 2.53. The molecule has 0 fully saturated rings. The van der Waals surface area contributed by atoms with Crippen molar-refractivity contribution in [2.45, 2.75) is 39.4 Å². The quantitative estimate of drug-likeness (QED) is 0.595. The zero-order valence-electron chi connectivity index (χ0n) is 13.7. The van der Waals surface area contributed by atoms with E-state index in [-0.39, 0.29) is 6.61 Å². The van der Waals surface area contributed by atoms with Crippen LogP contribution < -0.4 is 0 Å². The van der Waals surface area contributed by atoms with Crippen LogP contribution in [0.3, 0.4) is 0 Å². The first kappa shape index (κ1) is 17.4. The standard InChI is InChI=1S/C19H24O4/c1-3-5-10-23-18(19(21)22-4-2)17-12-15-9-7-6-8-14(15)11-16(17)13-20/h6-9,11-12,18,20H,3-5,10,13H2,1-2H3. The summed E-state index contributed by atoms with van der Waals surface area (Å²) in [4.78, 5) is 12.3. The van der Waals surface area contributed by atoms with E-state index >= 15 is 0 Å². The van der Waals surface area contributed by atoms with Crippen LogP contribution in [0.4, 0.5) is 0 Å². The van der Waals surface area contributed by atoms with Crippen LogP contribution in [0.1, 0.15) is 43.9 Å². The molecule has 4 nitrogen and oxygen atoms in total. The monoisotopic (exact) mass is 316 g/mol. The minimum absolute atomic E-state index is 0.146. The van der Waals surface area contributed by atoms with Gasteiger partial charge in [-0.05, 0) is 47.4 Å². The van der Waals surface area contributed by atoms with Crippen molar-refractivity contribution in [1.82, 2.24) is 0 Å². The molecule has 124 valence electrons. The van der Waals surface area contributed by atoms with Crippen LogP contribution in [0, 0.1) is 0 Å². The van der Waals surface area contributed by atoms with E-state index in [1.807, 2.05) is 36.4 Å². The largest absolute Gasteiger partial charge is 0.464 e. The van der Waals surface area contributed by atoms with Crippen molar-refractivity contribution in [2.75, 3.05) is 13.2 Å². The van der Waals surface area contributed by atoms with Gasteiger partial charge < -0.3 is 14.6 Å². The molecule has 0 aliphatic rings. The number of benzene rings is 2. The van der Waals surface area contributed by atoms with Crippen LogP contribution in [-0.4, -0.2) is 24.3 Å². The van der Waals surface area contributed by atoms with E-state index in [4.69, 9.17) is 9.47 Å². The maximum absolute atomic E-state index is 12.3. The van der Waals surface area contributed by atoms with Gasteiger partial charge in [0.05, 0.1) is 13.2 Å². The van der Waals surface area contributed by atoms with E-state index in [0.717, 1.165) is 23.6 Å². The molecule has 2 aromatic rings. The summed E-state index contributed by atoms with van der Waals surface area (Å²) in [7, 11) is 0. The molecule has 4 heteroatoms. The number of fused-ring (bicyclic) bond motifs is 1. The second-order valence-corrected chi connectivity index (χ2v) is 5.41. The third kappa shape index (κ3) is 4.30. The molecule has 2 aromatic carbocycles. The molecule has 0 aliphatic heterocycles. The van der Waals surface area contributed by atoms with Crippen LogP contribution in [-0.2, 0) is 20.9 Å². The molecule has 1 unspecified atom stereocenters. The number of hydrogen-bond acceptors (Lipinski definition) is 4. The lowest BCUT2D eigenvalue weighted by Gasteiger charge is -2.20. The summed E-state index contributed by atoms with van der Waals surface area (Å²) in [6.07, 6.45) is 1.06. The van der Waals surface area contributed by atoms with Gasteiger partial charge >= 0.3 is 5.97 Å². The number of unbranched alkanes of at least 4 members (excludes halogenated alkanes) is 1. The van der Waals surface area contributed by atoms with E-state index in [9.17, 15) is 9.90 Å². The van der Waals surface area contributed by atoms with Crippen LogP contribution in [0.5, 0.6) is 0 Å². The molecule has 0 aromatic heterocycles. The predicted molar refractivity (Wildman–Crippen MR) is 90.1 cm³/mol. The van der Waals surface area contributed by atoms with Crippen molar-refractivity contribution < 1.29 is 19.4 Å². The number of aliphatic hydroxyl groups is 1. The van der Waals surface area contributed by atoms with E-state index in [1.54, 1.807) is 6.92 Å². The number of hydrogen-bond donors (Lipinski definition) is 1. The molecule has 0 radical (unpaired) electrons. The predicted octanol–water partition coefficient (Wildman–Crippen LogP) is 3.75. The molecule has 1 atom stereocenters. The minimum atomic E-state index is -0.798. The maximum Gasteiger partial charge on any atom is 0.339 e. The molecule has 0 aliphatic carbocycles. The number of carbonyl (C=O) groups is 1. The molecule has 0 saturated heterocycles. The Morgan fingerprint density at radius 3 is 2.48 bits per heavy atom. The number of aliphatic hydroxyl groups excluding tert-OH is 1. The fraction of sp³-hybridized carbons (Fsp3) is 0.421. The Morgan fingerprint density at radius 1 is 1.17 bits per heavy atom. The van der Waals surface area contributed by atoms with Crippen LogP contribution in [0.2, 0.25) is 0 Å². The van der Waals surface area contributed by atoms with Crippen LogP contribution in [0.25, 0.3) is 10.8 Å². The first-order chi connectivity index (χ1) is 11.2. The van der Waals surface area contributed by atoms with Gasteiger partial charge in [0.25, 0.3) is 0 Å². The molecule has 23 heavy (non-hydrogen) atoms. The molecular formula is C19H24O4. The van der Waals surface area contributed by atoms with Gasteiger partial charge in [-0.2, -0.15) is 0 Å². The zero-order valence-corrected chi connectivity index (χ0v) is 13.7. The van der Waals surface area contributed by atoms with Gasteiger partial charge in [0.15, 0.2) is 6.10 Å². The second-order valence-electron chi connectivity index (χ2n) is 5.41. The summed E-state index contributed by atoms with van der Waals surface area (Å²) in [5.41, 5.74) is 1.37. The van der Waals surface area contributed by atoms with Gasteiger partial charge in [0.2, 0.25) is 0 Å². The molecule has 0 saturated carbocycles. The van der Waals surface area contributed by atoms with Gasteiger partial charge in [-0.1, -0.05) is 37.6 Å². The summed E-state index contributed by atoms with van der Waals surface area (Å²) in [5, 5.41) is 11.7. The zero-order chi connectivity index (χ0) is 16.7. The minimum Gasteiger partial charge on any atom is -0.464 e. The average Bonchev–Trinajstić information content (AvgIpc) is 2.58. The van der Waals surface area contributed by atoms with Crippen molar-refractivity contribution in [3.05, 3.63) is 47.5 Å². The van der Waals surface area contributed by atoms with E-state index in [2.05, 4.69) is 6.92 Å². The van der Waals surface area contributed by atoms with E-state index < -0.39 is 12.1 Å². The summed E-state index contributed by atoms with van der Waals surface area (Å²) >= 11 is 0. The van der Waals surface area contributed by atoms with Gasteiger partial charge in [-0.15, -0.1) is 0 Å². The lowest BCUT2D eigenvalue weighted by Crippen LogP contribution is -2.21. The SMILES string of the molecule is CCCCOC(C(=O)OCC)c1cc2ccccc2cc1CO. The Kier molecular flexibility index (Phi) is 6.56. The molecule has 2 rings (SSSR count). The van der Waals surface area contributed by atoms with E-state index in [1.165, 1.54) is 0 Å². The third-order valence-electron chi connectivity index (χ3n) is 3.74. The van der Waals surface area contributed by atoms with Crippen molar-refractivity contribution in [1.29, 1.82) is 0 Å². The second kappa shape index (κ2) is 8.65. The Balaban J connectivity index is 2.42. The molecule has 1 N–H and O–H groups in total. The lowest BCUT2D eigenvalue weighted by molar-refractivity contribution is -0.157. The Bertz CT molecular complexity index is 651. The lowest BCUT2D eigenvalue weighted by atomic mass is 9.97. The van der Waals surface area contributed by atoms with Crippen molar-refractivity contribution in [2.24, 2.45) is 0 Å². The fourth-order valence-corrected chi connectivity index (χ4v) is 2.53. The highest BCUT2D eigenvalue weighted by Crippen LogP contribution is 2.28. The molecular weight excluding hydrogens is 292 g/mol. The van der Waals surface area contributed by atoms with Crippen molar-refractivity contribution in [3.63, 3.8) is 0 Å². The summed E-state index contributed by atoms with van der Waals surface area (Å²) in [6.45, 7) is 4.48. The average molecular weight is 316 g/mol. The summed E-state index contributed by atoms with van der Waals surface area (Å²) in [5.74, 6) is -0.409. The number of ether oxygens (including phenoxy) is 2. The number of rotatable bonds is 8. The number of esters is 1. The van der Waals surface area contributed by atoms with Gasteiger partial charge in [0, 0.05) is 6.61 Å². The third-order valence-corrected chi connectivity index (χ3v) is 3.74. The first-order valence-corrected chi connectivity index (χ1v) is 8.11. The van der Waals surface area contributed by atoms with Gasteiger partial charge in [0.1, 0.15) is 0 Å².